The van der Waals surface area contributed by atoms with Crippen LogP contribution in [-0.4, -0.2) is 6.26 Å². The van der Waals surface area contributed by atoms with Gasteiger partial charge in [0, 0.05) is 0 Å². The minimum absolute atomic E-state index is 0.806. The van der Waals surface area contributed by atoms with Crippen molar-refractivity contribution in [3.8, 4) is 0 Å². The average molecular weight is 415 g/mol. The van der Waals surface area contributed by atoms with Gasteiger partial charge < -0.3 is 0 Å². The zero-order chi connectivity index (χ0) is 3.58. The third-order valence-corrected chi connectivity index (χ3v) is 0. The molecule has 4 heavy (non-hydrogen) atoms. The molecular formula is CH3SW2-. The fourth-order valence-corrected chi connectivity index (χ4v) is 0. The van der Waals surface area contributed by atoms with Crippen LogP contribution < -0.4 is 0 Å². The molecule has 0 saturated carbocycles. The zero-order valence-corrected chi connectivity index (χ0v) is 8.91. The quantitative estimate of drug-likeness (QED) is 0.495. The van der Waals surface area contributed by atoms with Crippen molar-refractivity contribution in [1.82, 2.24) is 0 Å². The summed E-state index contributed by atoms with van der Waals surface area (Å²) in [5, 5.41) is 0.806. The van der Waals surface area contributed by atoms with Crippen molar-refractivity contribution in [2.45, 2.75) is 0 Å². The Kier molecular flexibility index (Phi) is 4.21. The van der Waals surface area contributed by atoms with Crippen LogP contribution in [0.2, 0.25) is 0 Å². The van der Waals surface area contributed by atoms with E-state index in [4.69, 9.17) is 0 Å². The molecule has 0 fully saturated rings. The molecule has 0 aliphatic heterocycles. The Balaban J connectivity index is 3.51. The molecule has 0 spiro atoms. The first-order chi connectivity index (χ1) is 1.73. The van der Waals surface area contributed by atoms with E-state index in [9.17, 15) is 0 Å². The second-order valence-electron chi connectivity index (χ2n) is 0.401. The molecule has 0 N–H and O–H groups in total. The molecule has 0 radical (unpaired) electrons. The van der Waals surface area contributed by atoms with Crippen molar-refractivity contribution in [3.63, 3.8) is 0 Å². The monoisotopic (exact) mass is 415 g/mol. The fourth-order valence-electron chi connectivity index (χ4n) is 0. The van der Waals surface area contributed by atoms with Crippen LogP contribution >= 0.6 is 0 Å². The first-order valence-corrected chi connectivity index (χ1v) is 9.41. The van der Waals surface area contributed by atoms with Gasteiger partial charge in [-0.1, -0.05) is 0 Å². The molecule has 0 saturated heterocycles. The van der Waals surface area contributed by atoms with E-state index in [2.05, 4.69) is 6.26 Å². The molecule has 26 valence electrons. The molecular weight excluding hydrogens is 412 g/mol. The summed E-state index contributed by atoms with van der Waals surface area (Å²) in [4.78, 5) is 0. The zero-order valence-electron chi connectivity index (χ0n) is 2.22. The Morgan fingerprint density at radius 1 is 1.50 bits per heavy atom. The van der Waals surface area contributed by atoms with Gasteiger partial charge >= 0.3 is 47.5 Å². The molecule has 0 atom stereocenters. The van der Waals surface area contributed by atoms with E-state index in [1.807, 2.05) is 0 Å². The van der Waals surface area contributed by atoms with Crippen LogP contribution in [-0.2, 0) is 41.3 Å². The van der Waals surface area contributed by atoms with Gasteiger partial charge in [-0.15, -0.1) is 0 Å². The summed E-state index contributed by atoms with van der Waals surface area (Å²) < 4.78 is 0. The molecule has 0 aliphatic rings. The number of hydrogen-bond acceptors (Lipinski definition) is 1. The first-order valence-electron chi connectivity index (χ1n) is 0.742. The van der Waals surface area contributed by atoms with Crippen molar-refractivity contribution >= 4 is 5.28 Å². The SMILES string of the molecule is C[S-](=[W])=[W]. The van der Waals surface area contributed by atoms with Gasteiger partial charge in [-0.3, -0.25) is 0 Å². The van der Waals surface area contributed by atoms with Crippen LogP contribution in [0.1, 0.15) is 0 Å². The van der Waals surface area contributed by atoms with Crippen molar-refractivity contribution in [2.75, 3.05) is 6.26 Å². The molecule has 0 rings (SSSR count). The van der Waals surface area contributed by atoms with E-state index < -0.39 is 0 Å². The van der Waals surface area contributed by atoms with Crippen molar-refractivity contribution in [1.29, 1.82) is 0 Å². The van der Waals surface area contributed by atoms with E-state index >= 15 is 0 Å². The predicted octanol–water partition coefficient (Wildman–Crippen LogP) is 0.158. The Hall–Kier alpha value is 1.73. The summed E-state index contributed by atoms with van der Waals surface area (Å²) >= 11 is 3.48. The van der Waals surface area contributed by atoms with Gasteiger partial charge in [0.1, 0.15) is 0 Å². The first kappa shape index (κ1) is 5.73. The van der Waals surface area contributed by atoms with Gasteiger partial charge in [0.25, 0.3) is 0 Å². The third kappa shape index (κ3) is 9.29. The summed E-state index contributed by atoms with van der Waals surface area (Å²) in [6, 6.07) is 0. The fraction of sp³-hybridized carbons (Fsp3) is 1.00. The summed E-state index contributed by atoms with van der Waals surface area (Å²) in [6.45, 7) is 0. The molecule has 0 aromatic rings. The van der Waals surface area contributed by atoms with E-state index in [0.29, 0.717) is 0 Å². The number of rotatable bonds is 0. The topological polar surface area (TPSA) is 0 Å². The normalized spacial score (nSPS) is 8.50. The molecule has 0 bridgehead atoms. The molecule has 0 aromatic heterocycles. The van der Waals surface area contributed by atoms with Crippen LogP contribution in [0.3, 0.4) is 0 Å². The van der Waals surface area contributed by atoms with E-state index in [-0.39, 0.29) is 0 Å². The van der Waals surface area contributed by atoms with Crippen molar-refractivity contribution in [3.05, 3.63) is 0 Å². The Morgan fingerprint density at radius 2 is 1.50 bits per heavy atom. The van der Waals surface area contributed by atoms with Crippen LogP contribution in [0.4, 0.5) is 0 Å². The summed E-state index contributed by atoms with van der Waals surface area (Å²) in [6.07, 6.45) is 2.27. The van der Waals surface area contributed by atoms with Gasteiger partial charge in [-0.2, -0.15) is 0 Å². The van der Waals surface area contributed by atoms with Gasteiger partial charge in [-0.05, 0) is 0 Å². The van der Waals surface area contributed by atoms with Crippen LogP contribution in [0.5, 0.6) is 0 Å². The molecule has 3 heteroatoms. The Bertz CT molecular complexity index is 54.4. The number of hydrogen-bond donors (Lipinski definition) is 0. The molecule has 0 amide bonds. The van der Waals surface area contributed by atoms with Crippen molar-refractivity contribution < 1.29 is 36.0 Å². The maximum absolute atomic E-state index is 2.27. The van der Waals surface area contributed by atoms with E-state index in [1.165, 1.54) is 0 Å². The molecule has 0 unspecified atom stereocenters. The maximum atomic E-state index is 2.27. The Labute approximate surface area is 47.2 Å². The second kappa shape index (κ2) is 2.94. The van der Waals surface area contributed by atoms with E-state index in [0.717, 1.165) is 5.28 Å². The van der Waals surface area contributed by atoms with Crippen molar-refractivity contribution in [2.24, 2.45) is 0 Å². The third-order valence-electron chi connectivity index (χ3n) is 0. The van der Waals surface area contributed by atoms with Gasteiger partial charge in [-0.25, -0.2) is 0 Å². The molecule has 0 heterocycles. The van der Waals surface area contributed by atoms with Crippen LogP contribution in [0, 0.1) is 0 Å². The molecule has 0 nitrogen and oxygen atoms in total. The Morgan fingerprint density at radius 3 is 1.50 bits per heavy atom. The van der Waals surface area contributed by atoms with Crippen LogP contribution in [0.15, 0.2) is 0 Å². The van der Waals surface area contributed by atoms with Gasteiger partial charge in [0.15, 0.2) is 0 Å². The average Bonchev–Trinajstić information content (AvgIpc) is 0.811. The van der Waals surface area contributed by atoms with Gasteiger partial charge in [0.05, 0.1) is 0 Å². The van der Waals surface area contributed by atoms with E-state index in [1.54, 1.807) is 36.0 Å². The minimum atomic E-state index is 0.806. The summed E-state index contributed by atoms with van der Waals surface area (Å²) in [5.74, 6) is 0. The summed E-state index contributed by atoms with van der Waals surface area (Å²) in [7, 11) is 0. The predicted molar refractivity (Wildman–Crippen MR) is 13.3 cm³/mol. The van der Waals surface area contributed by atoms with Gasteiger partial charge in [0.2, 0.25) is 0 Å². The standard InChI is InChI=1S/CH4S.2W/c1-2;;/h2H,1H3;;/p-1. The molecule has 0 aromatic carbocycles. The summed E-state index contributed by atoms with van der Waals surface area (Å²) in [5.41, 5.74) is 0. The second-order valence-corrected chi connectivity index (χ2v) is 21.9. The van der Waals surface area contributed by atoms with Crippen LogP contribution in [0.25, 0.3) is 0 Å². The molecule has 0 aliphatic carbocycles.